The molecule has 0 heterocycles. The molecule has 1 aliphatic rings. The number of carboxylic acid groups (broad SMARTS) is 1. The third-order valence-electron chi connectivity index (χ3n) is 3.77. The van der Waals surface area contributed by atoms with Gasteiger partial charge in [0.15, 0.2) is 0 Å². The van der Waals surface area contributed by atoms with Crippen molar-refractivity contribution in [3.05, 3.63) is 0 Å². The Morgan fingerprint density at radius 1 is 1.39 bits per heavy atom. The van der Waals surface area contributed by atoms with Crippen molar-refractivity contribution in [1.29, 1.82) is 0 Å². The zero-order valence-electron chi connectivity index (χ0n) is 11.7. The van der Waals surface area contributed by atoms with Gasteiger partial charge in [-0.3, -0.25) is 4.79 Å². The van der Waals surface area contributed by atoms with Crippen LogP contribution in [0.1, 0.15) is 58.8 Å². The fourth-order valence-corrected chi connectivity index (χ4v) is 2.57. The summed E-state index contributed by atoms with van der Waals surface area (Å²) in [7, 11) is 0. The van der Waals surface area contributed by atoms with Gasteiger partial charge in [-0.1, -0.05) is 26.2 Å². The summed E-state index contributed by atoms with van der Waals surface area (Å²) < 4.78 is 5.82. The Kier molecular flexibility index (Phi) is 6.65. The van der Waals surface area contributed by atoms with E-state index in [-0.39, 0.29) is 0 Å². The highest BCUT2D eigenvalue weighted by Crippen LogP contribution is 2.21. The zero-order valence-corrected chi connectivity index (χ0v) is 11.7. The largest absolute Gasteiger partial charge is 0.480 e. The van der Waals surface area contributed by atoms with Crippen LogP contribution in [0.3, 0.4) is 0 Å². The van der Waals surface area contributed by atoms with Crippen LogP contribution in [0.4, 0.5) is 0 Å². The molecule has 1 aliphatic carbocycles. The lowest BCUT2D eigenvalue weighted by atomic mass is 9.95. The molecule has 4 nitrogen and oxygen atoms in total. The van der Waals surface area contributed by atoms with Gasteiger partial charge in [0, 0.05) is 6.61 Å². The minimum absolute atomic E-state index is 0.411. The zero-order chi connectivity index (χ0) is 13.4. The van der Waals surface area contributed by atoms with Gasteiger partial charge in [-0.25, -0.2) is 0 Å². The van der Waals surface area contributed by atoms with Gasteiger partial charge in [0.2, 0.25) is 0 Å². The maximum absolute atomic E-state index is 11.2. The molecule has 1 atom stereocenters. The van der Waals surface area contributed by atoms with Crippen LogP contribution in [0.5, 0.6) is 0 Å². The van der Waals surface area contributed by atoms with Gasteiger partial charge in [-0.15, -0.1) is 0 Å². The Morgan fingerprint density at radius 2 is 2.06 bits per heavy atom. The number of carboxylic acids is 1. The number of hydrogen-bond donors (Lipinski definition) is 2. The molecule has 106 valence electrons. The first-order valence-electron chi connectivity index (χ1n) is 7.18. The average molecular weight is 257 g/mol. The smallest absolute Gasteiger partial charge is 0.323 e. The quantitative estimate of drug-likeness (QED) is 0.656. The summed E-state index contributed by atoms with van der Waals surface area (Å²) in [6.07, 6.45) is 8.04. The number of aliphatic carboxylic acids is 1. The molecular weight excluding hydrogens is 230 g/mol. The van der Waals surface area contributed by atoms with Crippen LogP contribution in [0.2, 0.25) is 0 Å². The molecule has 4 heteroatoms. The molecule has 0 aromatic heterocycles. The normalized spacial score (nSPS) is 20.6. The van der Waals surface area contributed by atoms with E-state index in [4.69, 9.17) is 4.74 Å². The Hall–Kier alpha value is -0.610. The standard InChI is InChI=1S/C14H27NO3/c1-3-15-14(2,13(16)17)10-7-11-18-12-8-5-4-6-9-12/h12,15H,3-11H2,1-2H3,(H,16,17). The van der Waals surface area contributed by atoms with Gasteiger partial charge in [-0.05, 0) is 39.2 Å². The van der Waals surface area contributed by atoms with E-state index in [1.165, 1.54) is 32.1 Å². The molecule has 0 radical (unpaired) electrons. The molecule has 0 bridgehead atoms. The van der Waals surface area contributed by atoms with Crippen molar-refractivity contribution in [3.8, 4) is 0 Å². The second-order valence-corrected chi connectivity index (χ2v) is 5.40. The van der Waals surface area contributed by atoms with Crippen LogP contribution in [-0.2, 0) is 9.53 Å². The summed E-state index contributed by atoms with van der Waals surface area (Å²) in [5.41, 5.74) is -0.815. The van der Waals surface area contributed by atoms with Gasteiger partial charge >= 0.3 is 5.97 Å². The molecule has 0 amide bonds. The van der Waals surface area contributed by atoms with Crippen molar-refractivity contribution < 1.29 is 14.6 Å². The van der Waals surface area contributed by atoms with Crippen molar-refractivity contribution in [2.45, 2.75) is 70.4 Å². The molecule has 1 fully saturated rings. The second-order valence-electron chi connectivity index (χ2n) is 5.40. The summed E-state index contributed by atoms with van der Waals surface area (Å²) in [4.78, 5) is 11.2. The molecule has 0 aromatic carbocycles. The summed E-state index contributed by atoms with van der Waals surface area (Å²) >= 11 is 0. The maximum atomic E-state index is 11.2. The van der Waals surface area contributed by atoms with Crippen molar-refractivity contribution >= 4 is 5.97 Å². The fraction of sp³-hybridized carbons (Fsp3) is 0.929. The highest BCUT2D eigenvalue weighted by atomic mass is 16.5. The van der Waals surface area contributed by atoms with Crippen molar-refractivity contribution in [2.75, 3.05) is 13.2 Å². The Balaban J connectivity index is 2.20. The van der Waals surface area contributed by atoms with E-state index in [2.05, 4.69) is 5.32 Å². The number of carbonyl (C=O) groups is 1. The van der Waals surface area contributed by atoms with Crippen LogP contribution in [0, 0.1) is 0 Å². The topological polar surface area (TPSA) is 58.6 Å². The Morgan fingerprint density at radius 3 is 2.61 bits per heavy atom. The number of rotatable bonds is 8. The minimum Gasteiger partial charge on any atom is -0.480 e. The minimum atomic E-state index is -0.815. The van der Waals surface area contributed by atoms with Gasteiger partial charge < -0.3 is 15.2 Å². The van der Waals surface area contributed by atoms with E-state index in [9.17, 15) is 9.90 Å². The average Bonchev–Trinajstić information content (AvgIpc) is 2.36. The van der Waals surface area contributed by atoms with Crippen LogP contribution in [-0.4, -0.2) is 35.9 Å². The third kappa shape index (κ3) is 4.94. The molecule has 0 spiro atoms. The second kappa shape index (κ2) is 7.74. The summed E-state index contributed by atoms with van der Waals surface area (Å²) in [6, 6.07) is 0. The number of nitrogens with one attached hydrogen (secondary N) is 1. The Bertz CT molecular complexity index is 251. The lowest BCUT2D eigenvalue weighted by Gasteiger charge is -2.26. The van der Waals surface area contributed by atoms with Crippen LogP contribution in [0.15, 0.2) is 0 Å². The molecule has 2 N–H and O–H groups in total. The molecular formula is C14H27NO3. The Labute approximate surface area is 110 Å². The first kappa shape index (κ1) is 15.4. The van der Waals surface area contributed by atoms with Crippen LogP contribution in [0.25, 0.3) is 0 Å². The van der Waals surface area contributed by atoms with E-state index in [0.29, 0.717) is 25.7 Å². The molecule has 1 rings (SSSR count). The molecule has 18 heavy (non-hydrogen) atoms. The lowest BCUT2D eigenvalue weighted by molar-refractivity contribution is -0.144. The molecule has 1 unspecified atom stereocenters. The monoisotopic (exact) mass is 257 g/mol. The number of likely N-dealkylation sites (N-methyl/N-ethyl adjacent to an activating group) is 1. The van der Waals surface area contributed by atoms with Crippen molar-refractivity contribution in [2.24, 2.45) is 0 Å². The van der Waals surface area contributed by atoms with E-state index < -0.39 is 11.5 Å². The summed E-state index contributed by atoms with van der Waals surface area (Å²) in [5, 5.41) is 12.3. The predicted molar refractivity (Wildman–Crippen MR) is 71.8 cm³/mol. The molecule has 0 saturated heterocycles. The molecule has 0 aromatic rings. The van der Waals surface area contributed by atoms with Crippen molar-refractivity contribution in [3.63, 3.8) is 0 Å². The van der Waals surface area contributed by atoms with Crippen LogP contribution < -0.4 is 5.32 Å². The predicted octanol–water partition coefficient (Wildman–Crippen LogP) is 2.57. The lowest BCUT2D eigenvalue weighted by Crippen LogP contribution is -2.49. The van der Waals surface area contributed by atoms with Crippen LogP contribution >= 0.6 is 0 Å². The van der Waals surface area contributed by atoms with Gasteiger partial charge in [0.1, 0.15) is 5.54 Å². The number of ether oxygens (including phenoxy) is 1. The maximum Gasteiger partial charge on any atom is 0.323 e. The van der Waals surface area contributed by atoms with Crippen molar-refractivity contribution in [1.82, 2.24) is 5.32 Å². The first-order chi connectivity index (χ1) is 8.58. The first-order valence-corrected chi connectivity index (χ1v) is 7.18. The summed E-state index contributed by atoms with van der Waals surface area (Å²) in [6.45, 7) is 5.03. The third-order valence-corrected chi connectivity index (χ3v) is 3.77. The van der Waals surface area contributed by atoms with E-state index in [1.54, 1.807) is 6.92 Å². The molecule has 0 aliphatic heterocycles. The highest BCUT2D eigenvalue weighted by Gasteiger charge is 2.31. The summed E-state index contributed by atoms with van der Waals surface area (Å²) in [5.74, 6) is -0.776. The number of hydrogen-bond acceptors (Lipinski definition) is 3. The van der Waals surface area contributed by atoms with Gasteiger partial charge in [-0.2, -0.15) is 0 Å². The molecule has 1 saturated carbocycles. The van der Waals surface area contributed by atoms with E-state index in [0.717, 1.165) is 6.42 Å². The van der Waals surface area contributed by atoms with E-state index in [1.807, 2.05) is 6.92 Å². The van der Waals surface area contributed by atoms with E-state index >= 15 is 0 Å². The highest BCUT2D eigenvalue weighted by molar-refractivity contribution is 5.78. The SMILES string of the molecule is CCNC(C)(CCCOC1CCCCC1)C(=O)O. The van der Waals surface area contributed by atoms with Gasteiger partial charge in [0.25, 0.3) is 0 Å². The fourth-order valence-electron chi connectivity index (χ4n) is 2.57. The van der Waals surface area contributed by atoms with Gasteiger partial charge in [0.05, 0.1) is 6.10 Å².